The largest absolute Gasteiger partial charge is 0.484 e. The van der Waals surface area contributed by atoms with E-state index in [9.17, 15) is 31.1 Å². The minimum Gasteiger partial charge on any atom is -0.484 e. The SMILES string of the molecule is CC1(C)CC(Nc2nc(Nc3cc(OCC(F)(F)F)cc(OCC(F)(F)F)c3)ncc2C(N)=O)CC(C)(C)N1. The maximum atomic E-state index is 12.6. The van der Waals surface area contributed by atoms with E-state index in [0.717, 1.165) is 18.2 Å². The number of carbonyl (C=O) groups excluding carboxylic acids is 1. The fourth-order valence-corrected chi connectivity index (χ4v) is 4.62. The van der Waals surface area contributed by atoms with E-state index in [1.165, 1.54) is 6.20 Å². The van der Waals surface area contributed by atoms with E-state index in [4.69, 9.17) is 5.73 Å². The molecule has 1 aliphatic rings. The minimum atomic E-state index is -4.68. The third kappa shape index (κ3) is 9.64. The van der Waals surface area contributed by atoms with Gasteiger partial charge >= 0.3 is 12.4 Å². The van der Waals surface area contributed by atoms with E-state index in [-0.39, 0.29) is 40.1 Å². The molecule has 5 N–H and O–H groups in total. The Bertz CT molecular complexity index is 1130. The second-order valence-electron chi connectivity index (χ2n) is 10.6. The highest BCUT2D eigenvalue weighted by molar-refractivity contribution is 5.97. The van der Waals surface area contributed by atoms with Gasteiger partial charge in [-0.2, -0.15) is 31.3 Å². The number of hydrogen-bond acceptors (Lipinski definition) is 8. The lowest BCUT2D eigenvalue weighted by Gasteiger charge is -2.46. The van der Waals surface area contributed by atoms with Gasteiger partial charge in [0.1, 0.15) is 17.3 Å². The predicted octanol–water partition coefficient (Wildman–Crippen LogP) is 4.92. The second kappa shape index (κ2) is 10.9. The van der Waals surface area contributed by atoms with Gasteiger partial charge in [-0.25, -0.2) is 4.98 Å². The number of benzene rings is 1. The van der Waals surface area contributed by atoms with E-state index in [1.807, 2.05) is 27.7 Å². The number of ether oxygens (including phenoxy) is 2. The lowest BCUT2D eigenvalue weighted by Crippen LogP contribution is -2.60. The van der Waals surface area contributed by atoms with Crippen LogP contribution in [0.3, 0.4) is 0 Å². The number of halogens is 6. The van der Waals surface area contributed by atoms with Gasteiger partial charge < -0.3 is 31.2 Å². The number of aromatic nitrogens is 2. The molecular weight excluding hydrogens is 534 g/mol. The number of nitrogens with one attached hydrogen (secondary N) is 3. The van der Waals surface area contributed by atoms with Crippen LogP contribution in [0.4, 0.5) is 43.8 Å². The van der Waals surface area contributed by atoms with E-state index in [2.05, 4.69) is 35.4 Å². The van der Waals surface area contributed by atoms with Crippen molar-refractivity contribution in [1.29, 1.82) is 0 Å². The van der Waals surface area contributed by atoms with Crippen LogP contribution < -0.4 is 31.2 Å². The maximum Gasteiger partial charge on any atom is 0.422 e. The number of nitrogens with two attached hydrogens (primary N) is 1. The molecule has 0 atom stereocenters. The average molecular weight is 565 g/mol. The van der Waals surface area contributed by atoms with Crippen LogP contribution in [-0.2, 0) is 0 Å². The number of amides is 1. The quantitative estimate of drug-likeness (QED) is 0.317. The number of primary amides is 1. The summed E-state index contributed by atoms with van der Waals surface area (Å²) in [5, 5.41) is 9.48. The van der Waals surface area contributed by atoms with E-state index < -0.39 is 43.0 Å². The van der Waals surface area contributed by atoms with Gasteiger partial charge in [-0.05, 0) is 40.5 Å². The third-order valence-electron chi connectivity index (χ3n) is 5.53. The first-order valence-corrected chi connectivity index (χ1v) is 11.8. The van der Waals surface area contributed by atoms with Crippen molar-refractivity contribution in [1.82, 2.24) is 15.3 Å². The molecule has 1 aromatic carbocycles. The number of alkyl halides is 6. The van der Waals surface area contributed by atoms with Crippen LogP contribution in [0, 0.1) is 0 Å². The van der Waals surface area contributed by atoms with Gasteiger partial charge in [0.05, 0.1) is 5.56 Å². The first-order valence-electron chi connectivity index (χ1n) is 11.8. The molecule has 1 fully saturated rings. The van der Waals surface area contributed by atoms with Gasteiger partial charge in [0.15, 0.2) is 13.2 Å². The summed E-state index contributed by atoms with van der Waals surface area (Å²) in [6.07, 6.45) is -6.83. The monoisotopic (exact) mass is 564 g/mol. The normalized spacial score (nSPS) is 17.4. The van der Waals surface area contributed by atoms with Crippen LogP contribution in [0.25, 0.3) is 0 Å². The fraction of sp³-hybridized carbons (Fsp3) is 0.542. The number of carbonyl (C=O) groups is 1. The standard InChI is InChI=1S/C24H30F6N6O3/c1-21(2)8-14(9-22(3,4)36-21)33-19-17(18(31)37)10-32-20(35-19)34-13-5-15(38-11-23(25,26)27)7-16(6-13)39-12-24(28,29)30/h5-7,10,14,36H,8-9,11-12H2,1-4H3,(H2,31,37)(H2,32,33,34,35). The van der Waals surface area contributed by atoms with Crippen LogP contribution in [0.15, 0.2) is 24.4 Å². The number of piperidine rings is 1. The summed E-state index contributed by atoms with van der Waals surface area (Å²) in [6.45, 7) is 4.81. The first-order chi connectivity index (χ1) is 17.8. The second-order valence-corrected chi connectivity index (χ2v) is 10.6. The molecule has 15 heteroatoms. The molecule has 1 saturated heterocycles. The minimum absolute atomic E-state index is 0.00570. The molecule has 216 valence electrons. The number of rotatable bonds is 9. The van der Waals surface area contributed by atoms with Crippen molar-refractivity contribution >= 4 is 23.4 Å². The van der Waals surface area contributed by atoms with E-state index in [0.29, 0.717) is 12.8 Å². The van der Waals surface area contributed by atoms with Gasteiger partial charge in [-0.15, -0.1) is 0 Å². The molecular formula is C24H30F6N6O3. The summed E-state index contributed by atoms with van der Waals surface area (Å²) in [5.74, 6) is -1.58. The molecule has 0 spiro atoms. The summed E-state index contributed by atoms with van der Waals surface area (Å²) in [7, 11) is 0. The molecule has 0 radical (unpaired) electrons. The molecule has 0 bridgehead atoms. The highest BCUT2D eigenvalue weighted by Crippen LogP contribution is 2.33. The molecule has 2 aromatic rings. The Hall–Kier alpha value is -3.49. The molecule has 0 saturated carbocycles. The van der Waals surface area contributed by atoms with Gasteiger partial charge in [0.2, 0.25) is 5.95 Å². The topological polar surface area (TPSA) is 123 Å². The molecule has 1 aliphatic heterocycles. The molecule has 1 amide bonds. The van der Waals surface area contributed by atoms with Gasteiger partial charge in [0, 0.05) is 47.2 Å². The molecule has 9 nitrogen and oxygen atoms in total. The maximum absolute atomic E-state index is 12.6. The lowest BCUT2D eigenvalue weighted by molar-refractivity contribution is -0.153. The zero-order valence-electron chi connectivity index (χ0n) is 21.7. The highest BCUT2D eigenvalue weighted by atomic mass is 19.4. The van der Waals surface area contributed by atoms with Crippen molar-refractivity contribution in [3.63, 3.8) is 0 Å². The third-order valence-corrected chi connectivity index (χ3v) is 5.53. The molecule has 3 rings (SSSR count). The van der Waals surface area contributed by atoms with Gasteiger partial charge in [-0.1, -0.05) is 0 Å². The van der Waals surface area contributed by atoms with Gasteiger partial charge in [0.25, 0.3) is 5.91 Å². The Kier molecular flexibility index (Phi) is 8.43. The fourth-order valence-electron chi connectivity index (χ4n) is 4.62. The van der Waals surface area contributed by atoms with Crippen LogP contribution in [0.1, 0.15) is 50.9 Å². The van der Waals surface area contributed by atoms with Crippen molar-refractivity contribution in [2.24, 2.45) is 5.73 Å². The van der Waals surface area contributed by atoms with Crippen molar-refractivity contribution in [3.8, 4) is 11.5 Å². The van der Waals surface area contributed by atoms with Gasteiger partial charge in [-0.3, -0.25) is 4.79 Å². The summed E-state index contributed by atoms with van der Waals surface area (Å²) < 4.78 is 85.2. The predicted molar refractivity (Wildman–Crippen MR) is 131 cm³/mol. The van der Waals surface area contributed by atoms with E-state index in [1.54, 1.807) is 0 Å². The number of nitrogens with zero attached hydrogens (tertiary/aromatic N) is 2. The zero-order valence-corrected chi connectivity index (χ0v) is 21.7. The molecule has 0 aliphatic carbocycles. The lowest BCUT2D eigenvalue weighted by atomic mass is 9.79. The van der Waals surface area contributed by atoms with Crippen LogP contribution in [-0.4, -0.2) is 58.6 Å². The Morgan fingerprint density at radius 3 is 1.97 bits per heavy atom. The van der Waals surface area contributed by atoms with Crippen molar-refractivity contribution in [2.45, 2.75) is 70.0 Å². The summed E-state index contributed by atoms with van der Waals surface area (Å²) >= 11 is 0. The Morgan fingerprint density at radius 1 is 1.00 bits per heavy atom. The Balaban J connectivity index is 1.89. The molecule has 0 unspecified atom stereocenters. The molecule has 1 aromatic heterocycles. The number of hydrogen-bond donors (Lipinski definition) is 4. The highest BCUT2D eigenvalue weighted by Gasteiger charge is 2.38. The number of anilines is 3. The summed E-state index contributed by atoms with van der Waals surface area (Å²) in [6, 6.07) is 3.01. The smallest absolute Gasteiger partial charge is 0.422 e. The molecule has 2 heterocycles. The van der Waals surface area contributed by atoms with Crippen molar-refractivity contribution < 1.29 is 40.6 Å². The summed E-state index contributed by atoms with van der Waals surface area (Å²) in [5.41, 5.74) is 5.02. The first kappa shape index (κ1) is 30.1. The van der Waals surface area contributed by atoms with Crippen LogP contribution in [0.2, 0.25) is 0 Å². The summed E-state index contributed by atoms with van der Waals surface area (Å²) in [4.78, 5) is 20.4. The van der Waals surface area contributed by atoms with Crippen molar-refractivity contribution in [2.75, 3.05) is 23.8 Å². The van der Waals surface area contributed by atoms with E-state index >= 15 is 0 Å². The van der Waals surface area contributed by atoms with Crippen molar-refractivity contribution in [3.05, 3.63) is 30.0 Å². The molecule has 39 heavy (non-hydrogen) atoms. The zero-order chi connectivity index (χ0) is 29.2. The van der Waals surface area contributed by atoms with Crippen LogP contribution in [0.5, 0.6) is 11.5 Å². The van der Waals surface area contributed by atoms with Crippen LogP contribution >= 0.6 is 0 Å². The average Bonchev–Trinajstić information content (AvgIpc) is 2.73. The Morgan fingerprint density at radius 2 is 1.51 bits per heavy atom. The Labute approximate surface area is 220 Å².